The highest BCUT2D eigenvalue weighted by Crippen LogP contribution is 2.53. The fourth-order valence-electron chi connectivity index (χ4n) is 4.64. The number of carbonyl (C=O) groups excluding carboxylic acids is 2. The Morgan fingerprint density at radius 3 is 2.58 bits per heavy atom. The van der Waals surface area contributed by atoms with Gasteiger partial charge in [-0.05, 0) is 58.7 Å². The molecule has 0 radical (unpaired) electrons. The molecule has 0 bridgehead atoms. The van der Waals surface area contributed by atoms with E-state index in [0.29, 0.717) is 49.1 Å². The molecule has 1 atom stereocenters. The summed E-state index contributed by atoms with van der Waals surface area (Å²) in [5.74, 6) is 0.978. The average Bonchev–Trinajstić information content (AvgIpc) is 3.23. The molecule has 2 amide bonds. The summed E-state index contributed by atoms with van der Waals surface area (Å²) >= 11 is 3.26. The summed E-state index contributed by atoms with van der Waals surface area (Å²) in [5, 5.41) is 0. The van der Waals surface area contributed by atoms with Gasteiger partial charge in [0, 0.05) is 32.6 Å². The average molecular weight is 425 g/mol. The van der Waals surface area contributed by atoms with Gasteiger partial charge in [-0.2, -0.15) is 0 Å². The van der Waals surface area contributed by atoms with Gasteiger partial charge in [-0.15, -0.1) is 0 Å². The number of nitrogens with zero attached hydrogens (tertiary/aromatic N) is 2. The molecule has 3 aliphatic rings. The molecule has 1 unspecified atom stereocenters. The molecule has 142 valence electrons. The maximum Gasteiger partial charge on any atom is 0.289 e. The highest BCUT2D eigenvalue weighted by atomic mass is 79.9. The van der Waals surface area contributed by atoms with Gasteiger partial charge in [-0.1, -0.05) is 6.42 Å². The van der Waals surface area contributed by atoms with Gasteiger partial charge in [0.05, 0.1) is 13.2 Å². The summed E-state index contributed by atoms with van der Waals surface area (Å²) in [7, 11) is 0. The van der Waals surface area contributed by atoms with Gasteiger partial charge in [-0.25, -0.2) is 0 Å². The van der Waals surface area contributed by atoms with Gasteiger partial charge in [0.15, 0.2) is 10.4 Å². The lowest BCUT2D eigenvalue weighted by atomic mass is 9.62. The molecule has 4 rings (SSSR count). The van der Waals surface area contributed by atoms with Crippen LogP contribution >= 0.6 is 15.9 Å². The Morgan fingerprint density at radius 1 is 1.19 bits per heavy atom. The van der Waals surface area contributed by atoms with E-state index in [0.717, 1.165) is 32.4 Å². The molecule has 3 fully saturated rings. The monoisotopic (exact) mass is 424 g/mol. The lowest BCUT2D eigenvalue weighted by Gasteiger charge is -2.43. The van der Waals surface area contributed by atoms with Crippen LogP contribution in [0.2, 0.25) is 0 Å². The molecular formula is C19H25BrN2O4. The Morgan fingerprint density at radius 2 is 1.96 bits per heavy atom. The first-order valence-electron chi connectivity index (χ1n) is 9.48. The molecular weight excluding hydrogens is 400 g/mol. The molecule has 2 aliphatic heterocycles. The third kappa shape index (κ3) is 3.43. The van der Waals surface area contributed by atoms with Gasteiger partial charge in [0.25, 0.3) is 5.91 Å². The molecule has 3 heterocycles. The lowest BCUT2D eigenvalue weighted by molar-refractivity contribution is -0.135. The molecule has 2 saturated heterocycles. The topological polar surface area (TPSA) is 63.0 Å². The van der Waals surface area contributed by atoms with E-state index >= 15 is 0 Å². The van der Waals surface area contributed by atoms with Crippen molar-refractivity contribution < 1.29 is 18.7 Å². The first-order chi connectivity index (χ1) is 12.6. The van der Waals surface area contributed by atoms with Crippen LogP contribution in [0.1, 0.15) is 42.7 Å². The molecule has 1 aromatic rings. The van der Waals surface area contributed by atoms with Crippen LogP contribution in [0.5, 0.6) is 0 Å². The van der Waals surface area contributed by atoms with Crippen molar-refractivity contribution in [3.8, 4) is 0 Å². The summed E-state index contributed by atoms with van der Waals surface area (Å²) in [6.45, 7) is 4.20. The van der Waals surface area contributed by atoms with E-state index in [9.17, 15) is 9.59 Å². The van der Waals surface area contributed by atoms with E-state index < -0.39 is 0 Å². The van der Waals surface area contributed by atoms with Crippen molar-refractivity contribution in [2.45, 2.75) is 32.1 Å². The Hall–Kier alpha value is -1.34. The first kappa shape index (κ1) is 18.0. The lowest BCUT2D eigenvalue weighted by Crippen LogP contribution is -2.42. The van der Waals surface area contributed by atoms with Crippen molar-refractivity contribution in [2.24, 2.45) is 11.3 Å². The maximum atomic E-state index is 12.7. The van der Waals surface area contributed by atoms with E-state index in [1.807, 2.05) is 9.80 Å². The predicted octanol–water partition coefficient (Wildman–Crippen LogP) is 2.92. The zero-order chi connectivity index (χ0) is 18.1. The van der Waals surface area contributed by atoms with Crippen LogP contribution < -0.4 is 0 Å². The minimum atomic E-state index is -0.0380. The van der Waals surface area contributed by atoms with E-state index in [1.54, 1.807) is 12.1 Å². The number of ether oxygens (including phenoxy) is 1. The highest BCUT2D eigenvalue weighted by Gasteiger charge is 2.51. The van der Waals surface area contributed by atoms with E-state index in [1.165, 1.54) is 6.42 Å². The normalized spacial score (nSPS) is 24.7. The van der Waals surface area contributed by atoms with Crippen molar-refractivity contribution >= 4 is 27.7 Å². The predicted molar refractivity (Wildman–Crippen MR) is 98.7 cm³/mol. The molecule has 1 aliphatic carbocycles. The molecule has 0 N–H and O–H groups in total. The van der Waals surface area contributed by atoms with Gasteiger partial charge in [0.1, 0.15) is 0 Å². The first-order valence-corrected chi connectivity index (χ1v) is 10.3. The van der Waals surface area contributed by atoms with Crippen LogP contribution in [0.3, 0.4) is 0 Å². The fraction of sp³-hybridized carbons (Fsp3) is 0.684. The molecule has 6 nitrogen and oxygen atoms in total. The Labute approximate surface area is 162 Å². The molecule has 1 aromatic heterocycles. The second-order valence-electron chi connectivity index (χ2n) is 7.73. The standard InChI is InChI=1S/C19H25BrN2O4/c20-16-4-3-15(26-16)18(24)22-12-14(19(13-22)6-1-7-19)2-5-17(23)21-8-10-25-11-9-21/h3-4,14H,1-2,5-13H2. The summed E-state index contributed by atoms with van der Waals surface area (Å²) < 4.78 is 11.3. The number of likely N-dealkylation sites (tertiary alicyclic amines) is 1. The second-order valence-corrected chi connectivity index (χ2v) is 8.52. The summed E-state index contributed by atoms with van der Waals surface area (Å²) in [6, 6.07) is 3.47. The fourth-order valence-corrected chi connectivity index (χ4v) is 4.94. The van der Waals surface area contributed by atoms with Crippen LogP contribution in [-0.4, -0.2) is 61.0 Å². The number of rotatable bonds is 4. The summed E-state index contributed by atoms with van der Waals surface area (Å²) in [4.78, 5) is 29.1. The Bertz CT molecular complexity index is 679. The van der Waals surface area contributed by atoms with Crippen LogP contribution in [0.15, 0.2) is 21.2 Å². The largest absolute Gasteiger partial charge is 0.444 e. The van der Waals surface area contributed by atoms with Gasteiger partial charge < -0.3 is 19.0 Å². The van der Waals surface area contributed by atoms with Gasteiger partial charge in [0.2, 0.25) is 5.91 Å². The smallest absolute Gasteiger partial charge is 0.289 e. The molecule has 1 spiro atoms. The van der Waals surface area contributed by atoms with Crippen molar-refractivity contribution in [1.29, 1.82) is 0 Å². The molecule has 7 heteroatoms. The maximum absolute atomic E-state index is 12.7. The third-order valence-electron chi connectivity index (χ3n) is 6.30. The van der Waals surface area contributed by atoms with Gasteiger partial charge in [-0.3, -0.25) is 9.59 Å². The zero-order valence-corrected chi connectivity index (χ0v) is 16.5. The Balaban J connectivity index is 1.37. The van der Waals surface area contributed by atoms with Crippen molar-refractivity contribution in [2.75, 3.05) is 39.4 Å². The molecule has 26 heavy (non-hydrogen) atoms. The van der Waals surface area contributed by atoms with Crippen LogP contribution in [0.4, 0.5) is 0 Å². The number of amides is 2. The highest BCUT2D eigenvalue weighted by molar-refractivity contribution is 9.10. The van der Waals surface area contributed by atoms with Crippen LogP contribution in [-0.2, 0) is 9.53 Å². The van der Waals surface area contributed by atoms with E-state index in [2.05, 4.69) is 15.9 Å². The van der Waals surface area contributed by atoms with Crippen molar-refractivity contribution in [1.82, 2.24) is 9.80 Å². The van der Waals surface area contributed by atoms with Crippen LogP contribution in [0, 0.1) is 11.3 Å². The van der Waals surface area contributed by atoms with Crippen molar-refractivity contribution in [3.05, 3.63) is 22.6 Å². The third-order valence-corrected chi connectivity index (χ3v) is 6.73. The number of furan rings is 1. The summed E-state index contributed by atoms with van der Waals surface area (Å²) in [6.07, 6.45) is 4.98. The number of hydrogen-bond acceptors (Lipinski definition) is 4. The minimum Gasteiger partial charge on any atom is -0.444 e. The minimum absolute atomic E-state index is 0.0380. The number of carbonyl (C=O) groups is 2. The number of morpholine rings is 1. The Kier molecular flexibility index (Phi) is 5.10. The quantitative estimate of drug-likeness (QED) is 0.745. The molecule has 0 aromatic carbocycles. The van der Waals surface area contributed by atoms with Crippen molar-refractivity contribution in [3.63, 3.8) is 0 Å². The van der Waals surface area contributed by atoms with Crippen LogP contribution in [0.25, 0.3) is 0 Å². The molecule has 1 saturated carbocycles. The second kappa shape index (κ2) is 7.35. The summed E-state index contributed by atoms with van der Waals surface area (Å²) in [5.41, 5.74) is 0.213. The number of hydrogen-bond donors (Lipinski definition) is 0. The SMILES string of the molecule is O=C(CCC1CN(C(=O)c2ccc(Br)o2)CC12CCC2)N1CCOCC1. The van der Waals surface area contributed by atoms with Gasteiger partial charge >= 0.3 is 0 Å². The number of halogens is 1. The zero-order valence-electron chi connectivity index (χ0n) is 14.9. The van der Waals surface area contributed by atoms with E-state index in [4.69, 9.17) is 9.15 Å². The van der Waals surface area contributed by atoms with E-state index in [-0.39, 0.29) is 17.2 Å².